The van der Waals surface area contributed by atoms with Crippen LogP contribution in [-0.4, -0.2) is 49.8 Å². The fraction of sp³-hybridized carbons (Fsp3) is 0.909. The van der Waals surface area contributed by atoms with E-state index in [0.29, 0.717) is 32.6 Å². The third-order valence-electron chi connectivity index (χ3n) is 2.24. The van der Waals surface area contributed by atoms with Crippen LogP contribution >= 0.6 is 0 Å². The molecule has 1 amide bonds. The second-order valence-corrected chi connectivity index (χ2v) is 3.87. The molecule has 18 heavy (non-hydrogen) atoms. The number of carbonyl (C=O) groups is 1. The minimum atomic E-state index is -4.37. The molecule has 0 aliphatic rings. The van der Waals surface area contributed by atoms with Gasteiger partial charge in [-0.05, 0) is 26.3 Å². The molecular weight excluding hydrogens is 249 g/mol. The smallest absolute Gasteiger partial charge is 0.382 e. The van der Waals surface area contributed by atoms with Gasteiger partial charge in [0.25, 0.3) is 0 Å². The first-order valence-corrected chi connectivity index (χ1v) is 6.03. The Balaban J connectivity index is 4.19. The molecule has 4 nitrogen and oxygen atoms in total. The Morgan fingerprint density at radius 1 is 1.33 bits per heavy atom. The Bertz CT molecular complexity index is 235. The standard InChI is InChI=1S/C11H21F3N2O2/c1-2-18-8-4-7-16(9-11(12,13)14)10(17)5-3-6-15/h2-9,15H2,1H3. The van der Waals surface area contributed by atoms with Gasteiger partial charge in [0.05, 0.1) is 0 Å². The largest absolute Gasteiger partial charge is 0.406 e. The average Bonchev–Trinajstić information content (AvgIpc) is 2.28. The molecule has 0 fully saturated rings. The minimum Gasteiger partial charge on any atom is -0.382 e. The molecule has 0 unspecified atom stereocenters. The van der Waals surface area contributed by atoms with Gasteiger partial charge >= 0.3 is 6.18 Å². The third kappa shape index (κ3) is 9.23. The fourth-order valence-electron chi connectivity index (χ4n) is 1.42. The molecule has 0 saturated carbocycles. The average molecular weight is 270 g/mol. The van der Waals surface area contributed by atoms with Crippen LogP contribution in [0.15, 0.2) is 0 Å². The fourth-order valence-corrected chi connectivity index (χ4v) is 1.42. The first-order chi connectivity index (χ1) is 8.40. The van der Waals surface area contributed by atoms with Crippen molar-refractivity contribution in [3.05, 3.63) is 0 Å². The number of halogens is 3. The van der Waals surface area contributed by atoms with Crippen LogP contribution in [0.3, 0.4) is 0 Å². The van der Waals surface area contributed by atoms with Crippen molar-refractivity contribution in [3.63, 3.8) is 0 Å². The predicted molar refractivity (Wildman–Crippen MR) is 62.0 cm³/mol. The summed E-state index contributed by atoms with van der Waals surface area (Å²) in [6.07, 6.45) is -3.51. The first kappa shape index (κ1) is 17.2. The molecule has 0 bridgehead atoms. The van der Waals surface area contributed by atoms with Crippen molar-refractivity contribution < 1.29 is 22.7 Å². The second-order valence-electron chi connectivity index (χ2n) is 3.87. The van der Waals surface area contributed by atoms with Crippen molar-refractivity contribution in [2.75, 3.05) is 32.8 Å². The molecule has 7 heteroatoms. The molecule has 0 aromatic carbocycles. The van der Waals surface area contributed by atoms with Crippen LogP contribution in [0.5, 0.6) is 0 Å². The van der Waals surface area contributed by atoms with E-state index in [9.17, 15) is 18.0 Å². The molecule has 108 valence electrons. The number of hydrogen-bond acceptors (Lipinski definition) is 3. The number of ether oxygens (including phenoxy) is 1. The normalized spacial score (nSPS) is 11.6. The quantitative estimate of drug-likeness (QED) is 0.647. The van der Waals surface area contributed by atoms with Gasteiger partial charge in [-0.1, -0.05) is 0 Å². The van der Waals surface area contributed by atoms with Gasteiger partial charge in [0.15, 0.2) is 0 Å². The Labute approximate surface area is 105 Å². The summed E-state index contributed by atoms with van der Waals surface area (Å²) >= 11 is 0. The zero-order valence-electron chi connectivity index (χ0n) is 10.6. The molecule has 0 heterocycles. The number of nitrogens with two attached hydrogens (primary N) is 1. The van der Waals surface area contributed by atoms with Crippen molar-refractivity contribution in [1.29, 1.82) is 0 Å². The SMILES string of the molecule is CCOCCCN(CC(F)(F)F)C(=O)CCCN. The molecule has 0 rings (SSSR count). The van der Waals surface area contributed by atoms with Crippen molar-refractivity contribution in [2.45, 2.75) is 32.4 Å². The van der Waals surface area contributed by atoms with Crippen LogP contribution < -0.4 is 5.73 Å². The maximum absolute atomic E-state index is 12.3. The molecule has 0 aromatic rings. The van der Waals surface area contributed by atoms with Crippen LogP contribution in [0.4, 0.5) is 13.2 Å². The number of rotatable bonds is 9. The molecule has 0 saturated heterocycles. The van der Waals surface area contributed by atoms with Crippen molar-refractivity contribution in [3.8, 4) is 0 Å². The predicted octanol–water partition coefficient (Wildman–Crippen LogP) is 1.54. The Morgan fingerprint density at radius 2 is 2.00 bits per heavy atom. The number of alkyl halides is 3. The van der Waals surface area contributed by atoms with E-state index < -0.39 is 18.6 Å². The first-order valence-electron chi connectivity index (χ1n) is 6.03. The van der Waals surface area contributed by atoms with Crippen LogP contribution in [0.1, 0.15) is 26.2 Å². The lowest BCUT2D eigenvalue weighted by Gasteiger charge is -2.24. The number of amides is 1. The topological polar surface area (TPSA) is 55.6 Å². The molecule has 0 aliphatic carbocycles. The van der Waals surface area contributed by atoms with Crippen molar-refractivity contribution >= 4 is 5.91 Å². The maximum atomic E-state index is 12.3. The third-order valence-corrected chi connectivity index (χ3v) is 2.24. The molecule has 0 radical (unpaired) electrons. The second kappa shape index (κ2) is 9.16. The monoisotopic (exact) mass is 270 g/mol. The Kier molecular flexibility index (Phi) is 8.74. The van der Waals surface area contributed by atoms with Crippen LogP contribution in [0.2, 0.25) is 0 Å². The van der Waals surface area contributed by atoms with E-state index in [1.165, 1.54) is 0 Å². The highest BCUT2D eigenvalue weighted by Crippen LogP contribution is 2.17. The molecule has 0 spiro atoms. The van der Waals surface area contributed by atoms with E-state index in [-0.39, 0.29) is 13.0 Å². The molecular formula is C11H21F3N2O2. The highest BCUT2D eigenvalue weighted by atomic mass is 19.4. The summed E-state index contributed by atoms with van der Waals surface area (Å²) in [5.41, 5.74) is 5.23. The van der Waals surface area contributed by atoms with Gasteiger partial charge in [0, 0.05) is 26.2 Å². The highest BCUT2D eigenvalue weighted by molar-refractivity contribution is 5.76. The number of nitrogens with zero attached hydrogens (tertiary/aromatic N) is 1. The summed E-state index contributed by atoms with van der Waals surface area (Å²) < 4.78 is 42.0. The summed E-state index contributed by atoms with van der Waals surface area (Å²) in [6.45, 7) is 1.82. The summed E-state index contributed by atoms with van der Waals surface area (Å²) in [5.74, 6) is -0.505. The lowest BCUT2D eigenvalue weighted by atomic mass is 10.2. The molecule has 0 aromatic heterocycles. The van der Waals surface area contributed by atoms with Crippen LogP contribution in [-0.2, 0) is 9.53 Å². The van der Waals surface area contributed by atoms with E-state index in [4.69, 9.17) is 10.5 Å². The van der Waals surface area contributed by atoms with Gasteiger partial charge in [-0.15, -0.1) is 0 Å². The van der Waals surface area contributed by atoms with E-state index in [1.807, 2.05) is 0 Å². The van der Waals surface area contributed by atoms with Gasteiger partial charge < -0.3 is 15.4 Å². The lowest BCUT2D eigenvalue weighted by Crippen LogP contribution is -2.40. The van der Waals surface area contributed by atoms with E-state index in [0.717, 1.165) is 4.90 Å². The van der Waals surface area contributed by atoms with Gasteiger partial charge in [0.2, 0.25) is 5.91 Å². The highest BCUT2D eigenvalue weighted by Gasteiger charge is 2.32. The summed E-state index contributed by atoms with van der Waals surface area (Å²) in [6, 6.07) is 0. The molecule has 2 N–H and O–H groups in total. The van der Waals surface area contributed by atoms with Gasteiger partial charge in [-0.2, -0.15) is 13.2 Å². The Morgan fingerprint density at radius 3 is 2.50 bits per heavy atom. The van der Waals surface area contributed by atoms with E-state index >= 15 is 0 Å². The zero-order chi connectivity index (χ0) is 14.0. The lowest BCUT2D eigenvalue weighted by molar-refractivity contribution is -0.161. The summed E-state index contributed by atoms with van der Waals surface area (Å²) in [7, 11) is 0. The van der Waals surface area contributed by atoms with E-state index in [1.54, 1.807) is 6.92 Å². The van der Waals surface area contributed by atoms with Crippen LogP contribution in [0, 0.1) is 0 Å². The van der Waals surface area contributed by atoms with Crippen molar-refractivity contribution in [1.82, 2.24) is 4.90 Å². The summed E-state index contributed by atoms with van der Waals surface area (Å²) in [5, 5.41) is 0. The van der Waals surface area contributed by atoms with Gasteiger partial charge in [-0.25, -0.2) is 0 Å². The number of carbonyl (C=O) groups excluding carboxylic acids is 1. The van der Waals surface area contributed by atoms with Gasteiger partial charge in [0.1, 0.15) is 6.54 Å². The van der Waals surface area contributed by atoms with Crippen molar-refractivity contribution in [2.24, 2.45) is 5.73 Å². The maximum Gasteiger partial charge on any atom is 0.406 e. The Hall–Kier alpha value is -0.820. The molecule has 0 aliphatic heterocycles. The van der Waals surface area contributed by atoms with Gasteiger partial charge in [-0.3, -0.25) is 4.79 Å². The van der Waals surface area contributed by atoms with E-state index in [2.05, 4.69) is 0 Å². The van der Waals surface area contributed by atoms with Crippen LogP contribution in [0.25, 0.3) is 0 Å². The number of hydrogen-bond donors (Lipinski definition) is 1. The zero-order valence-corrected chi connectivity index (χ0v) is 10.6. The minimum absolute atomic E-state index is 0.0568. The summed E-state index contributed by atoms with van der Waals surface area (Å²) in [4.78, 5) is 12.4. The molecule has 0 atom stereocenters.